The fourth-order valence-corrected chi connectivity index (χ4v) is 3.06. The minimum Gasteiger partial charge on any atom is -0.373 e. The summed E-state index contributed by atoms with van der Waals surface area (Å²) < 4.78 is 44.2. The molecule has 0 spiro atoms. The number of hydrazine groups is 1. The van der Waals surface area contributed by atoms with E-state index in [1.807, 2.05) is 0 Å². The van der Waals surface area contributed by atoms with E-state index in [2.05, 4.69) is 15.6 Å². The largest absolute Gasteiger partial charge is 0.416 e. The first-order chi connectivity index (χ1) is 11.8. The van der Waals surface area contributed by atoms with Crippen molar-refractivity contribution in [1.82, 2.24) is 20.6 Å². The number of nitrogens with one attached hydrogen (secondary N) is 1. The van der Waals surface area contributed by atoms with Crippen LogP contribution in [-0.2, 0) is 11.6 Å². The predicted octanol–water partition coefficient (Wildman–Crippen LogP) is 2.28. The summed E-state index contributed by atoms with van der Waals surface area (Å²) in [6, 6.07) is 5.25. The number of benzene rings is 1. The lowest BCUT2D eigenvalue weighted by Gasteiger charge is -2.14. The van der Waals surface area contributed by atoms with Crippen molar-refractivity contribution in [3.63, 3.8) is 0 Å². The van der Waals surface area contributed by atoms with Crippen LogP contribution in [0.25, 0.3) is 5.70 Å². The van der Waals surface area contributed by atoms with Gasteiger partial charge in [0, 0.05) is 7.05 Å². The molecular formula is C16H15F3N4O2. The van der Waals surface area contributed by atoms with Gasteiger partial charge in [-0.2, -0.15) is 18.2 Å². The number of rotatable bonds is 3. The van der Waals surface area contributed by atoms with Crippen molar-refractivity contribution in [2.75, 3.05) is 7.05 Å². The van der Waals surface area contributed by atoms with Gasteiger partial charge in [-0.3, -0.25) is 0 Å². The van der Waals surface area contributed by atoms with E-state index in [9.17, 15) is 18.3 Å². The molecule has 2 aromatic rings. The Morgan fingerprint density at radius 1 is 1.36 bits per heavy atom. The Balaban J connectivity index is 1.68. The summed E-state index contributed by atoms with van der Waals surface area (Å²) in [6.45, 7) is 0. The zero-order chi connectivity index (χ0) is 17.8. The normalized spacial score (nSPS) is 22.2. The van der Waals surface area contributed by atoms with Gasteiger partial charge in [-0.15, -0.1) is 0 Å². The highest BCUT2D eigenvalue weighted by molar-refractivity contribution is 5.59. The van der Waals surface area contributed by atoms with E-state index in [4.69, 9.17) is 4.52 Å². The van der Waals surface area contributed by atoms with Crippen LogP contribution < -0.4 is 5.43 Å². The summed E-state index contributed by atoms with van der Waals surface area (Å²) in [7, 11) is 1.69. The van der Waals surface area contributed by atoms with Gasteiger partial charge in [-0.25, -0.2) is 5.43 Å². The minimum atomic E-state index is -4.40. The Morgan fingerprint density at radius 3 is 2.72 bits per heavy atom. The number of hydrogen-bond acceptors (Lipinski definition) is 6. The molecule has 0 saturated heterocycles. The Kier molecular flexibility index (Phi) is 3.41. The maximum absolute atomic E-state index is 13.0. The van der Waals surface area contributed by atoms with Crippen molar-refractivity contribution >= 4 is 5.70 Å². The van der Waals surface area contributed by atoms with Gasteiger partial charge < -0.3 is 14.6 Å². The Labute approximate surface area is 140 Å². The third-order valence-electron chi connectivity index (χ3n) is 4.57. The molecule has 6 nitrogen and oxygen atoms in total. The molecule has 2 heterocycles. The average molecular weight is 352 g/mol. The second kappa shape index (κ2) is 5.30. The van der Waals surface area contributed by atoms with Crippen molar-refractivity contribution in [2.24, 2.45) is 0 Å². The van der Waals surface area contributed by atoms with E-state index in [0.29, 0.717) is 29.9 Å². The van der Waals surface area contributed by atoms with Gasteiger partial charge in [0.25, 0.3) is 5.89 Å². The number of halogens is 3. The SMILES string of the molecule is CN1NC(O)C=C1c1nc(C2(c3cccc(C(F)(F)F)c3)CC2)no1. The summed E-state index contributed by atoms with van der Waals surface area (Å²) in [5, 5.41) is 15.1. The molecule has 4 rings (SSSR count). The fourth-order valence-electron chi connectivity index (χ4n) is 3.06. The highest BCUT2D eigenvalue weighted by atomic mass is 19.4. The summed E-state index contributed by atoms with van der Waals surface area (Å²) in [4.78, 5) is 4.36. The lowest BCUT2D eigenvalue weighted by Crippen LogP contribution is -2.33. The highest BCUT2D eigenvalue weighted by Crippen LogP contribution is 2.53. The number of hydrogen-bond donors (Lipinski definition) is 2. The van der Waals surface area contributed by atoms with E-state index < -0.39 is 23.4 Å². The van der Waals surface area contributed by atoms with E-state index in [1.54, 1.807) is 18.1 Å². The van der Waals surface area contributed by atoms with Crippen molar-refractivity contribution in [3.8, 4) is 0 Å². The second-order valence-electron chi connectivity index (χ2n) is 6.27. The molecule has 0 amide bonds. The summed E-state index contributed by atoms with van der Waals surface area (Å²) in [5.74, 6) is 0.567. The Bertz CT molecular complexity index is 842. The molecule has 2 N–H and O–H groups in total. The molecule has 1 aromatic carbocycles. The maximum Gasteiger partial charge on any atom is 0.416 e. The van der Waals surface area contributed by atoms with Crippen LogP contribution in [0.5, 0.6) is 0 Å². The van der Waals surface area contributed by atoms with E-state index in [1.165, 1.54) is 12.1 Å². The van der Waals surface area contributed by atoms with Gasteiger partial charge in [0.15, 0.2) is 5.82 Å². The molecule has 1 atom stereocenters. The molecule has 1 aromatic heterocycles. The third kappa shape index (κ3) is 2.69. The minimum absolute atomic E-state index is 0.208. The zero-order valence-corrected chi connectivity index (χ0v) is 13.2. The van der Waals surface area contributed by atoms with Crippen LogP contribution in [0, 0.1) is 0 Å². The van der Waals surface area contributed by atoms with Crippen molar-refractivity contribution < 1.29 is 22.8 Å². The molecule has 2 aliphatic rings. The molecule has 25 heavy (non-hydrogen) atoms. The number of nitrogens with zero attached hydrogens (tertiary/aromatic N) is 3. The quantitative estimate of drug-likeness (QED) is 0.883. The lowest BCUT2D eigenvalue weighted by atomic mass is 9.93. The van der Waals surface area contributed by atoms with Crippen LogP contribution in [0.2, 0.25) is 0 Å². The molecule has 1 saturated carbocycles. The zero-order valence-electron chi connectivity index (χ0n) is 13.2. The van der Waals surface area contributed by atoms with E-state index >= 15 is 0 Å². The first-order valence-electron chi connectivity index (χ1n) is 7.72. The van der Waals surface area contributed by atoms with Crippen LogP contribution in [0.1, 0.15) is 35.7 Å². The Morgan fingerprint density at radius 2 is 2.12 bits per heavy atom. The molecule has 1 unspecified atom stereocenters. The highest BCUT2D eigenvalue weighted by Gasteiger charge is 2.51. The summed E-state index contributed by atoms with van der Waals surface area (Å²) >= 11 is 0. The van der Waals surface area contributed by atoms with Crippen LogP contribution in [0.4, 0.5) is 13.2 Å². The maximum atomic E-state index is 13.0. The topological polar surface area (TPSA) is 74.4 Å². The third-order valence-corrected chi connectivity index (χ3v) is 4.57. The molecule has 0 radical (unpaired) electrons. The lowest BCUT2D eigenvalue weighted by molar-refractivity contribution is -0.137. The molecule has 9 heteroatoms. The van der Waals surface area contributed by atoms with Gasteiger partial charge >= 0.3 is 6.18 Å². The van der Waals surface area contributed by atoms with Gasteiger partial charge in [0.2, 0.25) is 0 Å². The molecule has 1 aliphatic carbocycles. The molecule has 0 bridgehead atoms. The number of alkyl halides is 3. The van der Waals surface area contributed by atoms with Gasteiger partial charge in [0.1, 0.15) is 11.9 Å². The van der Waals surface area contributed by atoms with Crippen molar-refractivity contribution in [2.45, 2.75) is 30.7 Å². The monoisotopic (exact) mass is 352 g/mol. The van der Waals surface area contributed by atoms with Gasteiger partial charge in [-0.1, -0.05) is 23.4 Å². The van der Waals surface area contributed by atoms with Crippen molar-refractivity contribution in [1.29, 1.82) is 0 Å². The first kappa shape index (κ1) is 16.1. The first-order valence-corrected chi connectivity index (χ1v) is 7.72. The van der Waals surface area contributed by atoms with Crippen molar-refractivity contribution in [3.05, 3.63) is 53.2 Å². The Hall–Kier alpha value is -2.39. The van der Waals surface area contributed by atoms with Gasteiger partial charge in [0.05, 0.1) is 11.0 Å². The molecule has 1 fully saturated rings. The standard InChI is InChI=1S/C16H15F3N4O2/c1-23-11(8-12(24)21-23)13-20-14(22-25-13)15(5-6-15)9-3-2-4-10(7-9)16(17,18)19/h2-4,7-8,12,21,24H,5-6H2,1H3. The predicted molar refractivity (Wildman–Crippen MR) is 80.6 cm³/mol. The van der Waals surface area contributed by atoms with E-state index in [0.717, 1.165) is 12.1 Å². The number of aliphatic hydroxyl groups is 1. The summed E-state index contributed by atoms with van der Waals surface area (Å²) in [5.41, 5.74) is 2.44. The second-order valence-corrected chi connectivity index (χ2v) is 6.27. The van der Waals surface area contributed by atoms with Crippen LogP contribution in [0.3, 0.4) is 0 Å². The number of aliphatic hydroxyl groups excluding tert-OH is 1. The van der Waals surface area contributed by atoms with Crippen LogP contribution in [-0.4, -0.2) is 33.5 Å². The average Bonchev–Trinajstić information content (AvgIpc) is 3.09. The van der Waals surface area contributed by atoms with Crippen LogP contribution in [0.15, 0.2) is 34.9 Å². The smallest absolute Gasteiger partial charge is 0.373 e. The van der Waals surface area contributed by atoms with Crippen LogP contribution >= 0.6 is 0 Å². The summed E-state index contributed by atoms with van der Waals surface area (Å²) in [6.07, 6.45) is -2.42. The van der Waals surface area contributed by atoms with E-state index in [-0.39, 0.29) is 5.89 Å². The number of aromatic nitrogens is 2. The molecule has 1 aliphatic heterocycles. The molecular weight excluding hydrogens is 337 g/mol. The van der Waals surface area contributed by atoms with Gasteiger partial charge in [-0.05, 0) is 30.5 Å². The molecule has 132 valence electrons. The fraction of sp³-hybridized carbons (Fsp3) is 0.375.